The van der Waals surface area contributed by atoms with Gasteiger partial charge in [-0.25, -0.2) is 13.8 Å². The molecule has 0 bridgehead atoms. The summed E-state index contributed by atoms with van der Waals surface area (Å²) in [5.74, 6) is 0.193. The van der Waals surface area contributed by atoms with Gasteiger partial charge in [-0.2, -0.15) is 12.7 Å². The van der Waals surface area contributed by atoms with Crippen LogP contribution in [0.3, 0.4) is 0 Å². The molecular formula is C22H26N4O5S. The van der Waals surface area contributed by atoms with Gasteiger partial charge in [-0.3, -0.25) is 4.90 Å². The Morgan fingerprint density at radius 1 is 1.00 bits per heavy atom. The number of imidazole rings is 1. The SMILES string of the molecule is CN(C)S(=O)(=O)n1ccnc1CN(Cc1ccccc1)C(=O)OCc1ccc(CO)cc1. The van der Waals surface area contributed by atoms with Crippen LogP contribution in [0.25, 0.3) is 0 Å². The van der Waals surface area contributed by atoms with Crippen molar-refractivity contribution < 1.29 is 23.1 Å². The molecule has 0 atom stereocenters. The first-order chi connectivity index (χ1) is 15.3. The van der Waals surface area contributed by atoms with Crippen molar-refractivity contribution in [3.8, 4) is 0 Å². The van der Waals surface area contributed by atoms with Gasteiger partial charge in [0.1, 0.15) is 12.4 Å². The van der Waals surface area contributed by atoms with Crippen molar-refractivity contribution in [2.24, 2.45) is 0 Å². The van der Waals surface area contributed by atoms with Crippen LogP contribution in [0.4, 0.5) is 4.79 Å². The Morgan fingerprint density at radius 2 is 1.66 bits per heavy atom. The van der Waals surface area contributed by atoms with Gasteiger partial charge in [0.05, 0.1) is 13.2 Å². The zero-order valence-corrected chi connectivity index (χ0v) is 18.8. The van der Waals surface area contributed by atoms with Crippen molar-refractivity contribution in [2.75, 3.05) is 14.1 Å². The van der Waals surface area contributed by atoms with E-state index in [4.69, 9.17) is 9.84 Å². The summed E-state index contributed by atoms with van der Waals surface area (Å²) in [5.41, 5.74) is 2.40. The van der Waals surface area contributed by atoms with Gasteiger partial charge in [-0.05, 0) is 16.7 Å². The monoisotopic (exact) mass is 458 g/mol. The van der Waals surface area contributed by atoms with E-state index in [1.807, 2.05) is 30.3 Å². The molecular weight excluding hydrogens is 432 g/mol. The summed E-state index contributed by atoms with van der Waals surface area (Å²) in [5, 5.41) is 9.15. The van der Waals surface area contributed by atoms with Crippen LogP contribution < -0.4 is 0 Å². The van der Waals surface area contributed by atoms with E-state index in [2.05, 4.69) is 4.98 Å². The molecule has 1 aromatic heterocycles. The maximum absolute atomic E-state index is 12.9. The summed E-state index contributed by atoms with van der Waals surface area (Å²) in [4.78, 5) is 18.5. The molecule has 0 saturated carbocycles. The van der Waals surface area contributed by atoms with Crippen LogP contribution in [0.15, 0.2) is 67.0 Å². The van der Waals surface area contributed by atoms with E-state index in [-0.39, 0.29) is 32.1 Å². The molecule has 0 aliphatic heterocycles. The van der Waals surface area contributed by atoms with Gasteiger partial charge in [0.15, 0.2) is 0 Å². The van der Waals surface area contributed by atoms with E-state index in [0.29, 0.717) is 0 Å². The van der Waals surface area contributed by atoms with Gasteiger partial charge in [0.2, 0.25) is 0 Å². The molecule has 9 nitrogen and oxygen atoms in total. The third kappa shape index (κ3) is 5.72. The molecule has 1 N–H and O–H groups in total. The van der Waals surface area contributed by atoms with Gasteiger partial charge in [-0.1, -0.05) is 54.6 Å². The number of carbonyl (C=O) groups excluding carboxylic acids is 1. The Morgan fingerprint density at radius 3 is 2.28 bits per heavy atom. The highest BCUT2D eigenvalue weighted by molar-refractivity contribution is 7.87. The molecule has 2 aromatic carbocycles. The lowest BCUT2D eigenvalue weighted by Gasteiger charge is -2.23. The summed E-state index contributed by atoms with van der Waals surface area (Å²) < 4.78 is 32.8. The topological polar surface area (TPSA) is 105 Å². The molecule has 3 rings (SSSR count). The molecule has 0 fully saturated rings. The van der Waals surface area contributed by atoms with Crippen LogP contribution in [0.5, 0.6) is 0 Å². The number of hydrogen-bond acceptors (Lipinski definition) is 6. The van der Waals surface area contributed by atoms with Crippen molar-refractivity contribution in [1.29, 1.82) is 0 Å². The predicted molar refractivity (Wildman–Crippen MR) is 118 cm³/mol. The standard InChI is InChI=1S/C22H26N4O5S/c1-24(2)32(29,30)26-13-12-23-21(26)15-25(14-18-6-4-3-5-7-18)22(28)31-17-20-10-8-19(16-27)9-11-20/h3-13,27H,14-17H2,1-2H3. The minimum atomic E-state index is -3.78. The number of amides is 1. The molecule has 32 heavy (non-hydrogen) atoms. The summed E-state index contributed by atoms with van der Waals surface area (Å²) in [6.07, 6.45) is 2.13. The summed E-state index contributed by atoms with van der Waals surface area (Å²) in [6, 6.07) is 16.4. The van der Waals surface area contributed by atoms with E-state index < -0.39 is 16.3 Å². The fourth-order valence-corrected chi connectivity index (χ4v) is 3.89. The Hall–Kier alpha value is -3.21. The molecule has 0 radical (unpaired) electrons. The van der Waals surface area contributed by atoms with E-state index in [9.17, 15) is 13.2 Å². The highest BCUT2D eigenvalue weighted by atomic mass is 32.2. The Kier molecular flexibility index (Phi) is 7.62. The fourth-order valence-electron chi connectivity index (χ4n) is 2.96. The van der Waals surface area contributed by atoms with Gasteiger partial charge < -0.3 is 9.84 Å². The van der Waals surface area contributed by atoms with Gasteiger partial charge in [0, 0.05) is 33.0 Å². The molecule has 170 valence electrons. The van der Waals surface area contributed by atoms with Crippen LogP contribution in [0.1, 0.15) is 22.5 Å². The molecule has 3 aromatic rings. The highest BCUT2D eigenvalue weighted by Gasteiger charge is 2.24. The van der Waals surface area contributed by atoms with E-state index >= 15 is 0 Å². The fraction of sp³-hybridized carbons (Fsp3) is 0.273. The molecule has 0 aliphatic carbocycles. The smallest absolute Gasteiger partial charge is 0.410 e. The van der Waals surface area contributed by atoms with Crippen molar-refractivity contribution in [1.82, 2.24) is 18.2 Å². The molecule has 1 heterocycles. The summed E-state index contributed by atoms with van der Waals surface area (Å²) >= 11 is 0. The first kappa shape index (κ1) is 23.5. The van der Waals surface area contributed by atoms with Crippen LogP contribution in [-0.4, -0.2) is 51.9 Å². The highest BCUT2D eigenvalue weighted by Crippen LogP contribution is 2.15. The van der Waals surface area contributed by atoms with Gasteiger partial charge in [-0.15, -0.1) is 0 Å². The largest absolute Gasteiger partial charge is 0.445 e. The first-order valence-electron chi connectivity index (χ1n) is 9.91. The lowest BCUT2D eigenvalue weighted by molar-refractivity contribution is 0.0900. The number of aliphatic hydroxyl groups is 1. The zero-order valence-electron chi connectivity index (χ0n) is 18.0. The lowest BCUT2D eigenvalue weighted by atomic mass is 10.1. The van der Waals surface area contributed by atoms with Crippen molar-refractivity contribution >= 4 is 16.3 Å². The third-order valence-corrected chi connectivity index (χ3v) is 6.52. The van der Waals surface area contributed by atoms with E-state index in [1.54, 1.807) is 24.3 Å². The number of aromatic nitrogens is 2. The average Bonchev–Trinajstić information content (AvgIpc) is 3.27. The van der Waals surface area contributed by atoms with Crippen LogP contribution in [-0.2, 0) is 41.2 Å². The Labute approximate surface area is 187 Å². The van der Waals surface area contributed by atoms with Crippen LogP contribution >= 0.6 is 0 Å². The average molecular weight is 459 g/mol. The molecule has 0 aliphatic rings. The zero-order chi connectivity index (χ0) is 23.1. The maximum atomic E-state index is 12.9. The van der Waals surface area contributed by atoms with Gasteiger partial charge >= 0.3 is 16.3 Å². The number of carbonyl (C=O) groups is 1. The molecule has 0 unspecified atom stereocenters. The second-order valence-electron chi connectivity index (χ2n) is 7.30. The summed E-state index contributed by atoms with van der Waals surface area (Å²) in [6.45, 7) is 0.142. The Bertz CT molecular complexity index is 1130. The number of ether oxygens (including phenoxy) is 1. The minimum Gasteiger partial charge on any atom is -0.445 e. The van der Waals surface area contributed by atoms with Gasteiger partial charge in [0.25, 0.3) is 0 Å². The first-order valence-corrected chi connectivity index (χ1v) is 11.3. The second-order valence-corrected chi connectivity index (χ2v) is 9.32. The summed E-state index contributed by atoms with van der Waals surface area (Å²) in [7, 11) is -0.926. The minimum absolute atomic E-state index is 0.0419. The quantitative estimate of drug-likeness (QED) is 0.528. The van der Waals surface area contributed by atoms with E-state index in [0.717, 1.165) is 25.0 Å². The number of nitrogens with zero attached hydrogens (tertiary/aromatic N) is 4. The predicted octanol–water partition coefficient (Wildman–Crippen LogP) is 2.37. The third-order valence-electron chi connectivity index (χ3n) is 4.76. The maximum Gasteiger partial charge on any atom is 0.410 e. The molecule has 0 saturated heterocycles. The van der Waals surface area contributed by atoms with E-state index in [1.165, 1.54) is 31.4 Å². The van der Waals surface area contributed by atoms with Crippen LogP contribution in [0.2, 0.25) is 0 Å². The molecule has 1 amide bonds. The van der Waals surface area contributed by atoms with Crippen molar-refractivity contribution in [2.45, 2.75) is 26.3 Å². The molecule has 10 heteroatoms. The van der Waals surface area contributed by atoms with Crippen LogP contribution in [0, 0.1) is 0 Å². The Balaban J connectivity index is 1.79. The normalized spacial score (nSPS) is 11.5. The van der Waals surface area contributed by atoms with Crippen molar-refractivity contribution in [3.05, 3.63) is 89.5 Å². The number of benzene rings is 2. The lowest BCUT2D eigenvalue weighted by Crippen LogP contribution is -2.34. The molecule has 0 spiro atoms. The van der Waals surface area contributed by atoms with Crippen molar-refractivity contribution in [3.63, 3.8) is 0 Å². The number of aliphatic hydroxyl groups excluding tert-OH is 1. The second kappa shape index (κ2) is 10.4. The number of hydrogen-bond donors (Lipinski definition) is 1. The number of rotatable bonds is 9.